The summed E-state index contributed by atoms with van der Waals surface area (Å²) in [6, 6.07) is 0.146. The van der Waals surface area contributed by atoms with Gasteiger partial charge in [-0.15, -0.1) is 0 Å². The third kappa shape index (κ3) is 5.17. The standard InChI is InChI=1S/C12H23N3O2/c1-8(13)5-6-11(16)15-10-4-2-3-9(7-10)12(14)17/h8-10H,2-7,13H2,1H3,(H2,14,17)(H,15,16). The third-order valence-electron chi connectivity index (χ3n) is 3.27. The van der Waals surface area contributed by atoms with Gasteiger partial charge in [-0.3, -0.25) is 9.59 Å². The molecule has 5 heteroatoms. The van der Waals surface area contributed by atoms with Gasteiger partial charge in [-0.05, 0) is 32.6 Å². The van der Waals surface area contributed by atoms with E-state index in [0.29, 0.717) is 19.3 Å². The van der Waals surface area contributed by atoms with Gasteiger partial charge in [-0.2, -0.15) is 0 Å². The molecule has 0 aromatic carbocycles. The van der Waals surface area contributed by atoms with Gasteiger partial charge in [0.1, 0.15) is 0 Å². The average molecular weight is 241 g/mol. The van der Waals surface area contributed by atoms with Gasteiger partial charge in [0, 0.05) is 24.4 Å². The Balaban J connectivity index is 2.30. The fraction of sp³-hybridized carbons (Fsp3) is 0.833. The van der Waals surface area contributed by atoms with E-state index in [1.807, 2.05) is 6.92 Å². The van der Waals surface area contributed by atoms with E-state index in [1.165, 1.54) is 0 Å². The Kier molecular flexibility index (Phi) is 5.41. The number of hydrogen-bond donors (Lipinski definition) is 3. The molecule has 3 atom stereocenters. The highest BCUT2D eigenvalue weighted by Gasteiger charge is 2.26. The molecule has 0 aromatic rings. The molecule has 1 aliphatic rings. The largest absolute Gasteiger partial charge is 0.369 e. The van der Waals surface area contributed by atoms with Crippen LogP contribution in [0.5, 0.6) is 0 Å². The summed E-state index contributed by atoms with van der Waals surface area (Å²) in [6.07, 6.45) is 4.56. The van der Waals surface area contributed by atoms with Gasteiger partial charge in [0.2, 0.25) is 11.8 Å². The monoisotopic (exact) mass is 241 g/mol. The van der Waals surface area contributed by atoms with Crippen LogP contribution in [-0.2, 0) is 9.59 Å². The van der Waals surface area contributed by atoms with Crippen molar-refractivity contribution in [3.8, 4) is 0 Å². The first kappa shape index (κ1) is 14.0. The Morgan fingerprint density at radius 3 is 2.71 bits per heavy atom. The van der Waals surface area contributed by atoms with Crippen molar-refractivity contribution < 1.29 is 9.59 Å². The van der Waals surface area contributed by atoms with Crippen molar-refractivity contribution in [2.45, 2.75) is 57.5 Å². The molecular weight excluding hydrogens is 218 g/mol. The summed E-state index contributed by atoms with van der Waals surface area (Å²) in [7, 11) is 0. The van der Waals surface area contributed by atoms with E-state index < -0.39 is 0 Å². The maximum atomic E-state index is 11.6. The van der Waals surface area contributed by atoms with Gasteiger partial charge in [-0.25, -0.2) is 0 Å². The quantitative estimate of drug-likeness (QED) is 0.644. The van der Waals surface area contributed by atoms with E-state index in [0.717, 1.165) is 19.3 Å². The fourth-order valence-electron chi connectivity index (χ4n) is 2.24. The molecule has 5 N–H and O–H groups in total. The number of carbonyl (C=O) groups excluding carboxylic acids is 2. The molecule has 0 heterocycles. The van der Waals surface area contributed by atoms with Crippen molar-refractivity contribution in [3.63, 3.8) is 0 Å². The Hall–Kier alpha value is -1.10. The average Bonchev–Trinajstić information content (AvgIpc) is 2.26. The van der Waals surface area contributed by atoms with Gasteiger partial charge in [0.25, 0.3) is 0 Å². The van der Waals surface area contributed by atoms with E-state index in [9.17, 15) is 9.59 Å². The summed E-state index contributed by atoms with van der Waals surface area (Å²) in [5.74, 6) is -0.306. The third-order valence-corrected chi connectivity index (χ3v) is 3.27. The molecule has 0 aromatic heterocycles. The maximum absolute atomic E-state index is 11.6. The normalized spacial score (nSPS) is 26.2. The lowest BCUT2D eigenvalue weighted by atomic mass is 9.85. The highest BCUT2D eigenvalue weighted by atomic mass is 16.2. The first-order chi connectivity index (χ1) is 7.99. The van der Waals surface area contributed by atoms with E-state index in [4.69, 9.17) is 11.5 Å². The lowest BCUT2D eigenvalue weighted by Crippen LogP contribution is -2.41. The highest BCUT2D eigenvalue weighted by molar-refractivity contribution is 5.78. The summed E-state index contributed by atoms with van der Waals surface area (Å²) < 4.78 is 0. The molecule has 0 saturated heterocycles. The number of hydrogen-bond acceptors (Lipinski definition) is 3. The summed E-state index contributed by atoms with van der Waals surface area (Å²) in [4.78, 5) is 22.7. The highest BCUT2D eigenvalue weighted by Crippen LogP contribution is 2.23. The first-order valence-corrected chi connectivity index (χ1v) is 6.33. The van der Waals surface area contributed by atoms with Crippen molar-refractivity contribution in [1.29, 1.82) is 0 Å². The second-order valence-electron chi connectivity index (χ2n) is 5.05. The molecule has 0 bridgehead atoms. The smallest absolute Gasteiger partial charge is 0.220 e. The van der Waals surface area contributed by atoms with Crippen LogP contribution in [0.1, 0.15) is 45.4 Å². The van der Waals surface area contributed by atoms with Crippen LogP contribution in [0, 0.1) is 5.92 Å². The molecule has 1 aliphatic carbocycles. The minimum atomic E-state index is -0.250. The van der Waals surface area contributed by atoms with E-state index >= 15 is 0 Å². The van der Waals surface area contributed by atoms with E-state index in [1.54, 1.807) is 0 Å². The van der Waals surface area contributed by atoms with Crippen molar-refractivity contribution >= 4 is 11.8 Å². The Morgan fingerprint density at radius 1 is 1.41 bits per heavy atom. The molecule has 1 fully saturated rings. The summed E-state index contributed by atoms with van der Waals surface area (Å²) in [5.41, 5.74) is 10.9. The predicted molar refractivity (Wildman–Crippen MR) is 66.0 cm³/mol. The van der Waals surface area contributed by atoms with Crippen LogP contribution in [0.3, 0.4) is 0 Å². The lowest BCUT2D eigenvalue weighted by molar-refractivity contribution is -0.125. The molecule has 2 amide bonds. The molecule has 1 saturated carbocycles. The number of rotatable bonds is 5. The van der Waals surface area contributed by atoms with Crippen LogP contribution in [0.15, 0.2) is 0 Å². The van der Waals surface area contributed by atoms with Crippen molar-refractivity contribution in [1.82, 2.24) is 5.32 Å². The van der Waals surface area contributed by atoms with Crippen LogP contribution in [0.25, 0.3) is 0 Å². The molecular formula is C12H23N3O2. The van der Waals surface area contributed by atoms with Gasteiger partial charge >= 0.3 is 0 Å². The maximum Gasteiger partial charge on any atom is 0.220 e. The van der Waals surface area contributed by atoms with Gasteiger partial charge < -0.3 is 16.8 Å². The Labute approximate surface area is 102 Å². The van der Waals surface area contributed by atoms with Crippen LogP contribution >= 0.6 is 0 Å². The molecule has 0 radical (unpaired) electrons. The Bertz CT molecular complexity index is 279. The van der Waals surface area contributed by atoms with Crippen LogP contribution in [-0.4, -0.2) is 23.9 Å². The summed E-state index contributed by atoms with van der Waals surface area (Å²) in [6.45, 7) is 1.89. The minimum absolute atomic E-state index is 0.0254. The van der Waals surface area contributed by atoms with Crippen molar-refractivity contribution in [3.05, 3.63) is 0 Å². The zero-order chi connectivity index (χ0) is 12.8. The number of nitrogens with two attached hydrogens (primary N) is 2. The predicted octanol–water partition coefficient (Wildman–Crippen LogP) is 0.274. The van der Waals surface area contributed by atoms with E-state index in [2.05, 4.69) is 5.32 Å². The SMILES string of the molecule is CC(N)CCC(=O)NC1CCCC(C(N)=O)C1. The van der Waals surface area contributed by atoms with E-state index in [-0.39, 0.29) is 29.8 Å². The number of amides is 2. The van der Waals surface area contributed by atoms with Crippen LogP contribution in [0.4, 0.5) is 0 Å². The van der Waals surface area contributed by atoms with Crippen molar-refractivity contribution in [2.24, 2.45) is 17.4 Å². The Morgan fingerprint density at radius 2 is 2.12 bits per heavy atom. The van der Waals surface area contributed by atoms with Gasteiger partial charge in [0.05, 0.1) is 0 Å². The molecule has 0 aliphatic heterocycles. The first-order valence-electron chi connectivity index (χ1n) is 6.33. The topological polar surface area (TPSA) is 98.2 Å². The summed E-state index contributed by atoms with van der Waals surface area (Å²) >= 11 is 0. The zero-order valence-electron chi connectivity index (χ0n) is 10.4. The zero-order valence-corrected chi connectivity index (χ0v) is 10.4. The molecule has 98 valence electrons. The van der Waals surface area contributed by atoms with Crippen molar-refractivity contribution in [2.75, 3.05) is 0 Å². The fourth-order valence-corrected chi connectivity index (χ4v) is 2.24. The molecule has 17 heavy (non-hydrogen) atoms. The van der Waals surface area contributed by atoms with Crippen LogP contribution < -0.4 is 16.8 Å². The van der Waals surface area contributed by atoms with Crippen LogP contribution in [0.2, 0.25) is 0 Å². The minimum Gasteiger partial charge on any atom is -0.369 e. The second-order valence-corrected chi connectivity index (χ2v) is 5.05. The molecule has 1 rings (SSSR count). The number of carbonyl (C=O) groups is 2. The lowest BCUT2D eigenvalue weighted by Gasteiger charge is -2.28. The van der Waals surface area contributed by atoms with Gasteiger partial charge in [0.15, 0.2) is 0 Å². The van der Waals surface area contributed by atoms with Gasteiger partial charge in [-0.1, -0.05) is 6.42 Å². The number of primary amides is 1. The summed E-state index contributed by atoms with van der Waals surface area (Å²) in [5, 5.41) is 2.96. The molecule has 3 unspecified atom stereocenters. The number of nitrogens with one attached hydrogen (secondary N) is 1. The molecule has 5 nitrogen and oxygen atoms in total. The molecule has 0 spiro atoms. The second kappa shape index (κ2) is 6.59.